The van der Waals surface area contributed by atoms with Crippen LogP contribution in [0.2, 0.25) is 0 Å². The molecule has 0 bridgehead atoms. The molecule has 0 spiro atoms. The lowest BCUT2D eigenvalue weighted by atomic mass is 10.3. The summed E-state index contributed by atoms with van der Waals surface area (Å²) in [5, 5.41) is 10.0. The zero-order valence-electron chi connectivity index (χ0n) is 6.85. The fourth-order valence-electron chi connectivity index (χ4n) is 0.550. The molecule has 0 atom stereocenters. The highest BCUT2D eigenvalue weighted by Crippen LogP contribution is 2.25. The fourth-order valence-corrected chi connectivity index (χ4v) is 0.550. The number of hydrogen-bond acceptors (Lipinski definition) is 3. The van der Waals surface area contributed by atoms with Crippen molar-refractivity contribution in [2.45, 2.75) is 0 Å². The highest BCUT2D eigenvalue weighted by atomic mass is 31.2. The van der Waals surface area contributed by atoms with Crippen LogP contribution in [0.3, 0.4) is 0 Å². The predicted octanol–water partition coefficient (Wildman–Crippen LogP) is 0.666. The maximum Gasteiger partial charge on any atom is 0.466 e. The van der Waals surface area contributed by atoms with Crippen molar-refractivity contribution in [3.05, 3.63) is 40.4 Å². The largest absolute Gasteiger partial charge is 0.466 e. The lowest BCUT2D eigenvalue weighted by Crippen LogP contribution is -1.84. The number of rotatable bonds is 1. The average Bonchev–Trinajstić information content (AvgIpc) is 2.03. The molecule has 8 heteroatoms. The number of benzene rings is 1. The van der Waals surface area contributed by atoms with Crippen LogP contribution in [-0.4, -0.2) is 19.6 Å². The Hall–Kier alpha value is -1.27. The molecule has 1 rings (SSSR count). The molecule has 1 aromatic rings. The van der Waals surface area contributed by atoms with Crippen molar-refractivity contribution in [2.75, 3.05) is 0 Å². The Morgan fingerprint density at radius 3 is 1.71 bits per heavy atom. The maximum absolute atomic E-state index is 10.0. The Morgan fingerprint density at radius 2 is 1.50 bits per heavy atom. The van der Waals surface area contributed by atoms with Gasteiger partial charge in [0.2, 0.25) is 0 Å². The Balaban J connectivity index is 0.000000292. The first kappa shape index (κ1) is 12.7. The maximum atomic E-state index is 10.0. The van der Waals surface area contributed by atoms with E-state index in [9.17, 15) is 10.1 Å². The van der Waals surface area contributed by atoms with Crippen LogP contribution in [0.25, 0.3) is 0 Å². The minimum Gasteiger partial charge on any atom is -0.303 e. The van der Waals surface area contributed by atoms with Crippen LogP contribution in [0.5, 0.6) is 0 Å². The molecule has 0 radical (unpaired) electrons. The first-order chi connectivity index (χ1) is 6.30. The van der Waals surface area contributed by atoms with Gasteiger partial charge in [-0.05, 0) is 0 Å². The summed E-state index contributed by atoms with van der Waals surface area (Å²) in [7, 11) is -4.64. The van der Waals surface area contributed by atoms with Crippen molar-refractivity contribution in [1.82, 2.24) is 0 Å². The van der Waals surface area contributed by atoms with Crippen LogP contribution in [0, 0.1) is 10.1 Å². The molecule has 0 aliphatic rings. The van der Waals surface area contributed by atoms with Gasteiger partial charge in [-0.25, -0.2) is 4.57 Å². The normalized spacial score (nSPS) is 9.93. The Labute approximate surface area is 79.0 Å². The summed E-state index contributed by atoms with van der Waals surface area (Å²) in [6, 6.07) is 7.93. The van der Waals surface area contributed by atoms with Gasteiger partial charge in [-0.1, -0.05) is 18.2 Å². The van der Waals surface area contributed by atoms with Gasteiger partial charge in [0.15, 0.2) is 0 Å². The number of hydrogen-bond donors (Lipinski definition) is 3. The van der Waals surface area contributed by atoms with Crippen LogP contribution in [-0.2, 0) is 4.57 Å². The molecule has 0 aromatic heterocycles. The van der Waals surface area contributed by atoms with E-state index in [4.69, 9.17) is 19.2 Å². The van der Waals surface area contributed by atoms with Crippen LogP contribution in [0.15, 0.2) is 30.3 Å². The number of nitrogens with zero attached hydrogens (tertiary/aromatic N) is 1. The summed E-state index contributed by atoms with van der Waals surface area (Å²) < 4.78 is 8.88. The minimum absolute atomic E-state index is 0.137. The van der Waals surface area contributed by atoms with Crippen molar-refractivity contribution >= 4 is 13.5 Å². The Bertz CT molecular complexity index is 325. The van der Waals surface area contributed by atoms with Gasteiger partial charge in [-0.2, -0.15) is 0 Å². The van der Waals surface area contributed by atoms with Gasteiger partial charge in [0.1, 0.15) is 0 Å². The highest BCUT2D eigenvalue weighted by Gasteiger charge is 2.00. The molecule has 0 saturated heterocycles. The van der Waals surface area contributed by atoms with Crippen LogP contribution in [0.1, 0.15) is 0 Å². The molecule has 0 heterocycles. The third-order valence-electron chi connectivity index (χ3n) is 0.967. The molecule has 7 nitrogen and oxygen atoms in total. The monoisotopic (exact) mass is 221 g/mol. The van der Waals surface area contributed by atoms with Gasteiger partial charge < -0.3 is 14.7 Å². The Morgan fingerprint density at radius 1 is 1.14 bits per heavy atom. The predicted molar refractivity (Wildman–Crippen MR) is 47.4 cm³/mol. The minimum atomic E-state index is -4.64. The van der Waals surface area contributed by atoms with Crippen LogP contribution < -0.4 is 0 Å². The van der Waals surface area contributed by atoms with Gasteiger partial charge in [-0.15, -0.1) is 0 Å². The SMILES string of the molecule is O=P(O)(O)O.O=[N+]([O-])c1ccccc1. The van der Waals surface area contributed by atoms with E-state index in [0.29, 0.717) is 0 Å². The molecule has 14 heavy (non-hydrogen) atoms. The highest BCUT2D eigenvalue weighted by molar-refractivity contribution is 7.45. The summed E-state index contributed by atoms with van der Waals surface area (Å²) in [5.41, 5.74) is 0.137. The van der Waals surface area contributed by atoms with Crippen molar-refractivity contribution in [1.29, 1.82) is 0 Å². The van der Waals surface area contributed by atoms with Crippen LogP contribution in [0.4, 0.5) is 5.69 Å². The van der Waals surface area contributed by atoms with Gasteiger partial charge in [0.25, 0.3) is 5.69 Å². The molecule has 0 fully saturated rings. The fraction of sp³-hybridized carbons (Fsp3) is 0. The first-order valence-electron chi connectivity index (χ1n) is 3.28. The van der Waals surface area contributed by atoms with E-state index in [0.717, 1.165) is 0 Å². The van der Waals surface area contributed by atoms with E-state index in [1.54, 1.807) is 18.2 Å². The molecule has 0 amide bonds. The second-order valence-corrected chi connectivity index (χ2v) is 3.13. The van der Waals surface area contributed by atoms with Gasteiger partial charge in [-0.3, -0.25) is 10.1 Å². The summed E-state index contributed by atoms with van der Waals surface area (Å²) in [5.74, 6) is 0. The molecule has 0 unspecified atom stereocenters. The molecule has 78 valence electrons. The number of nitro benzene ring substituents is 1. The summed E-state index contributed by atoms with van der Waals surface area (Å²) in [4.78, 5) is 31.2. The molecule has 0 saturated carbocycles. The summed E-state index contributed by atoms with van der Waals surface area (Å²) in [6.07, 6.45) is 0. The van der Waals surface area contributed by atoms with E-state index < -0.39 is 12.7 Å². The van der Waals surface area contributed by atoms with Gasteiger partial charge in [0, 0.05) is 12.1 Å². The number of nitro groups is 1. The Kier molecular flexibility index (Phi) is 4.96. The van der Waals surface area contributed by atoms with E-state index in [-0.39, 0.29) is 5.69 Å². The molecule has 3 N–H and O–H groups in total. The molecule has 0 aliphatic heterocycles. The van der Waals surface area contributed by atoms with E-state index >= 15 is 0 Å². The second-order valence-electron chi connectivity index (χ2n) is 2.11. The zero-order valence-corrected chi connectivity index (χ0v) is 7.74. The summed E-state index contributed by atoms with van der Waals surface area (Å²) in [6.45, 7) is 0. The molecular weight excluding hydrogens is 213 g/mol. The molecule has 1 aromatic carbocycles. The number of non-ortho nitro benzene ring substituents is 1. The van der Waals surface area contributed by atoms with Gasteiger partial charge >= 0.3 is 7.82 Å². The van der Waals surface area contributed by atoms with Crippen molar-refractivity contribution in [3.63, 3.8) is 0 Å². The second kappa shape index (κ2) is 5.46. The smallest absolute Gasteiger partial charge is 0.303 e. The van der Waals surface area contributed by atoms with Crippen molar-refractivity contribution in [3.8, 4) is 0 Å². The van der Waals surface area contributed by atoms with Crippen LogP contribution >= 0.6 is 7.82 Å². The third kappa shape index (κ3) is 8.82. The molecule has 0 aliphatic carbocycles. The lowest BCUT2D eigenvalue weighted by Gasteiger charge is -1.85. The average molecular weight is 221 g/mol. The van der Waals surface area contributed by atoms with E-state index in [2.05, 4.69) is 0 Å². The summed E-state index contributed by atoms with van der Waals surface area (Å²) >= 11 is 0. The van der Waals surface area contributed by atoms with E-state index in [1.165, 1.54) is 12.1 Å². The molecular formula is C6H8NO6P. The topological polar surface area (TPSA) is 121 Å². The first-order valence-corrected chi connectivity index (χ1v) is 4.85. The number of para-hydroxylation sites is 1. The van der Waals surface area contributed by atoms with Crippen molar-refractivity contribution < 1.29 is 24.2 Å². The zero-order chi connectivity index (χ0) is 11.2. The quantitative estimate of drug-likeness (QED) is 0.364. The standard InChI is InChI=1S/C6H5NO2.H3O4P/c8-7(9)6-4-2-1-3-5-6;1-5(2,3)4/h1-5H;(H3,1,2,3,4). The van der Waals surface area contributed by atoms with E-state index in [1.807, 2.05) is 0 Å². The van der Waals surface area contributed by atoms with Gasteiger partial charge in [0.05, 0.1) is 4.92 Å². The number of phosphoric acid groups is 1. The lowest BCUT2D eigenvalue weighted by molar-refractivity contribution is -0.384. The van der Waals surface area contributed by atoms with Crippen molar-refractivity contribution in [2.24, 2.45) is 0 Å². The third-order valence-corrected chi connectivity index (χ3v) is 0.967.